The van der Waals surface area contributed by atoms with Crippen molar-refractivity contribution in [2.24, 2.45) is 0 Å². The van der Waals surface area contributed by atoms with Crippen LogP contribution in [0, 0.1) is 0 Å². The normalized spacial score (nSPS) is 13.5. The van der Waals surface area contributed by atoms with Gasteiger partial charge in [0.15, 0.2) is 0 Å². The van der Waals surface area contributed by atoms with Crippen LogP contribution < -0.4 is 0 Å². The predicted octanol–water partition coefficient (Wildman–Crippen LogP) is 5.05. The molecule has 1 heterocycles. The monoisotopic (exact) mass is 413 g/mol. The van der Waals surface area contributed by atoms with E-state index in [4.69, 9.17) is 4.98 Å². The number of rotatable bonds is 5. The fourth-order valence-corrected chi connectivity index (χ4v) is 6.33. The van der Waals surface area contributed by atoms with Crippen molar-refractivity contribution in [1.29, 1.82) is 0 Å². The van der Waals surface area contributed by atoms with Gasteiger partial charge in [-0.3, -0.25) is 0 Å². The zero-order valence-corrected chi connectivity index (χ0v) is 19.7. The summed E-state index contributed by atoms with van der Waals surface area (Å²) in [4.78, 5) is 4.72. The first-order chi connectivity index (χ1) is 11.1. The van der Waals surface area contributed by atoms with Crippen LogP contribution in [0.1, 0.15) is 11.3 Å². The van der Waals surface area contributed by atoms with E-state index in [0.717, 1.165) is 5.69 Å². The molecule has 3 radical (unpaired) electrons. The molecule has 2 nitrogen and oxygen atoms in total. The molecule has 0 spiro atoms. The van der Waals surface area contributed by atoms with Gasteiger partial charge in [-0.2, -0.15) is 0 Å². The summed E-state index contributed by atoms with van der Waals surface area (Å²) in [6.07, 6.45) is 1.91. The second-order valence-electron chi connectivity index (χ2n) is 8.06. The Balaban J connectivity index is 2.84. The first kappa shape index (κ1) is 19.2. The summed E-state index contributed by atoms with van der Waals surface area (Å²) in [6.45, 7) is 14.4. The van der Waals surface area contributed by atoms with E-state index in [-0.39, 0.29) is 0 Å². The molecule has 0 aliphatic carbocycles. The second kappa shape index (κ2) is 7.41. The third-order valence-electron chi connectivity index (χ3n) is 3.85. The molecule has 0 unspecified atom stereocenters. The summed E-state index contributed by atoms with van der Waals surface area (Å²) < 4.78 is 2.55. The molecule has 2 rings (SSSR count). The van der Waals surface area contributed by atoms with Gasteiger partial charge in [0, 0.05) is 0 Å². The van der Waals surface area contributed by atoms with Gasteiger partial charge in [-0.1, -0.05) is 0 Å². The molecular formula is C19H27GeN2Si2. The average Bonchev–Trinajstić information content (AvgIpc) is 2.51. The molecule has 0 N–H and O–H groups in total. The maximum absolute atomic E-state index is 4.72. The number of aromatic nitrogens is 1. The standard InChI is InChI=1S/C19H27GeN2Si2/c1-23(2,3)19(17-14-10-11-15-21-17)18(22(20)24(4,5)6)16-12-8-7-9-13-16/h7-15H,1-6H3/b19-18+. The van der Waals surface area contributed by atoms with Crippen molar-refractivity contribution in [3.05, 3.63) is 66.0 Å². The third-order valence-corrected chi connectivity index (χ3v) is 12.1. The molecule has 2 aromatic rings. The minimum absolute atomic E-state index is 1.13. The molecule has 0 amide bonds. The van der Waals surface area contributed by atoms with Gasteiger partial charge in [0.25, 0.3) is 0 Å². The van der Waals surface area contributed by atoms with Crippen molar-refractivity contribution in [1.82, 2.24) is 8.51 Å². The van der Waals surface area contributed by atoms with Gasteiger partial charge >= 0.3 is 158 Å². The fraction of sp³-hybridized carbons (Fsp3) is 0.316. The van der Waals surface area contributed by atoms with Crippen molar-refractivity contribution in [2.75, 3.05) is 0 Å². The van der Waals surface area contributed by atoms with Crippen molar-refractivity contribution in [3.8, 4) is 0 Å². The Morgan fingerprint density at radius 1 is 0.875 bits per heavy atom. The number of benzene rings is 1. The quantitative estimate of drug-likeness (QED) is 0.640. The van der Waals surface area contributed by atoms with Crippen LogP contribution in [0.3, 0.4) is 0 Å². The van der Waals surface area contributed by atoms with Crippen LogP contribution in [0.25, 0.3) is 10.9 Å². The molecule has 24 heavy (non-hydrogen) atoms. The fourth-order valence-electron chi connectivity index (χ4n) is 2.69. The molecule has 0 saturated heterocycles. The number of nitrogens with zero attached hydrogens (tertiary/aromatic N) is 2. The molecule has 0 atom stereocenters. The van der Waals surface area contributed by atoms with Crippen LogP contribution in [0.2, 0.25) is 39.3 Å². The second-order valence-corrected chi connectivity index (χ2v) is 19.7. The van der Waals surface area contributed by atoms with E-state index in [1.165, 1.54) is 16.5 Å². The molecule has 125 valence electrons. The van der Waals surface area contributed by atoms with Crippen molar-refractivity contribution in [2.45, 2.75) is 39.3 Å². The SMILES string of the molecule is C[Si](C)(C)/C(=C(\c1ccccc1)[N]([Ge])[Si](C)(C)C)c1ccccn1. The van der Waals surface area contributed by atoms with E-state index >= 15 is 0 Å². The van der Waals surface area contributed by atoms with Crippen LogP contribution in [0.5, 0.6) is 0 Å². The molecule has 1 aromatic heterocycles. The van der Waals surface area contributed by atoms with E-state index in [2.05, 4.69) is 102 Å². The molecule has 0 aliphatic heterocycles. The Bertz CT molecular complexity index is 702. The van der Waals surface area contributed by atoms with Gasteiger partial charge in [-0.15, -0.1) is 0 Å². The van der Waals surface area contributed by atoms with E-state index < -0.39 is 16.3 Å². The minimum atomic E-state index is -1.62. The van der Waals surface area contributed by atoms with Gasteiger partial charge in [-0.25, -0.2) is 0 Å². The molecule has 1 aromatic carbocycles. The average molecular weight is 412 g/mol. The van der Waals surface area contributed by atoms with E-state index in [1.807, 2.05) is 12.3 Å². The van der Waals surface area contributed by atoms with Gasteiger partial charge in [-0.05, 0) is 0 Å². The summed E-state index contributed by atoms with van der Waals surface area (Å²) in [6, 6.07) is 17.1. The van der Waals surface area contributed by atoms with E-state index in [9.17, 15) is 0 Å². The van der Waals surface area contributed by atoms with E-state index in [0.29, 0.717) is 0 Å². The number of pyridine rings is 1. The third kappa shape index (κ3) is 4.49. The first-order valence-corrected chi connectivity index (χ1v) is 16.2. The zero-order valence-electron chi connectivity index (χ0n) is 15.6. The molecule has 0 aliphatic rings. The Hall–Kier alpha value is -1.11. The van der Waals surface area contributed by atoms with Crippen LogP contribution in [0.15, 0.2) is 54.7 Å². The Kier molecular flexibility index (Phi) is 5.94. The van der Waals surface area contributed by atoms with Gasteiger partial charge in [0.1, 0.15) is 0 Å². The van der Waals surface area contributed by atoms with Gasteiger partial charge < -0.3 is 0 Å². The Morgan fingerprint density at radius 3 is 1.92 bits per heavy atom. The molecular weight excluding hydrogens is 385 g/mol. The van der Waals surface area contributed by atoms with Gasteiger partial charge in [0.2, 0.25) is 0 Å². The van der Waals surface area contributed by atoms with Crippen LogP contribution in [-0.2, 0) is 0 Å². The van der Waals surface area contributed by atoms with Gasteiger partial charge in [0.05, 0.1) is 0 Å². The van der Waals surface area contributed by atoms with Crippen LogP contribution in [-0.4, -0.2) is 41.6 Å². The maximum atomic E-state index is 4.72. The Morgan fingerprint density at radius 2 is 1.46 bits per heavy atom. The Labute approximate surface area is 157 Å². The summed E-state index contributed by atoms with van der Waals surface area (Å²) in [5.41, 5.74) is 3.79. The topological polar surface area (TPSA) is 16.1 Å². The summed E-state index contributed by atoms with van der Waals surface area (Å²) in [5.74, 6) is 0. The zero-order chi connectivity index (χ0) is 18.0. The van der Waals surface area contributed by atoms with Crippen molar-refractivity contribution < 1.29 is 0 Å². The molecule has 0 saturated carbocycles. The molecule has 0 fully saturated rings. The number of hydrogen-bond donors (Lipinski definition) is 0. The first-order valence-electron chi connectivity index (χ1n) is 8.35. The van der Waals surface area contributed by atoms with E-state index in [1.54, 1.807) is 0 Å². The van der Waals surface area contributed by atoms with Crippen molar-refractivity contribution in [3.63, 3.8) is 0 Å². The number of hydrogen-bond acceptors (Lipinski definition) is 2. The van der Waals surface area contributed by atoms with Crippen LogP contribution in [0.4, 0.5) is 0 Å². The summed E-state index contributed by atoms with van der Waals surface area (Å²) in [7, 11) is -3.13. The van der Waals surface area contributed by atoms with Crippen molar-refractivity contribution >= 4 is 43.9 Å². The molecule has 5 heteroatoms. The summed E-state index contributed by atoms with van der Waals surface area (Å²) in [5, 5.41) is 1.44. The predicted molar refractivity (Wildman–Crippen MR) is 112 cm³/mol. The van der Waals surface area contributed by atoms with Crippen LogP contribution >= 0.6 is 0 Å². The summed E-state index contributed by atoms with van der Waals surface area (Å²) >= 11 is 2.26. The molecule has 0 bridgehead atoms.